The van der Waals surface area contributed by atoms with Crippen molar-refractivity contribution in [3.05, 3.63) is 28.8 Å². The molecule has 1 N–H and O–H groups in total. The molecule has 2 rings (SSSR count). The number of methoxy groups -OCH3 is 1. The Hall–Kier alpha value is -1.26. The minimum atomic E-state index is -0.0273. The molecule has 0 aromatic heterocycles. The summed E-state index contributed by atoms with van der Waals surface area (Å²) in [6.45, 7) is 4.43. The fraction of sp³-hybridized carbons (Fsp3) is 0.533. The highest BCUT2D eigenvalue weighted by molar-refractivity contribution is 6.31. The van der Waals surface area contributed by atoms with E-state index in [0.29, 0.717) is 28.9 Å². The van der Waals surface area contributed by atoms with Crippen LogP contribution in [0.2, 0.25) is 5.02 Å². The van der Waals surface area contributed by atoms with Crippen LogP contribution in [0.25, 0.3) is 0 Å². The van der Waals surface area contributed by atoms with Crippen molar-refractivity contribution < 1.29 is 9.53 Å². The Kier molecular flexibility index (Phi) is 5.26. The van der Waals surface area contributed by atoms with Gasteiger partial charge in [0.25, 0.3) is 5.91 Å². The van der Waals surface area contributed by atoms with E-state index < -0.39 is 0 Å². The van der Waals surface area contributed by atoms with Crippen molar-refractivity contribution in [1.29, 1.82) is 0 Å². The first-order chi connectivity index (χ1) is 9.65. The van der Waals surface area contributed by atoms with Crippen LogP contribution in [0.1, 0.15) is 30.1 Å². The third-order valence-electron chi connectivity index (χ3n) is 3.66. The lowest BCUT2D eigenvalue weighted by Gasteiger charge is -2.25. The van der Waals surface area contributed by atoms with Crippen molar-refractivity contribution >= 4 is 17.5 Å². The number of nitrogens with zero attached hydrogens (tertiary/aromatic N) is 1. The van der Waals surface area contributed by atoms with Crippen LogP contribution in [-0.2, 0) is 0 Å². The molecule has 1 atom stereocenters. The Balaban J connectivity index is 2.16. The fourth-order valence-corrected chi connectivity index (χ4v) is 2.72. The van der Waals surface area contributed by atoms with E-state index in [9.17, 15) is 4.79 Å². The second kappa shape index (κ2) is 6.95. The highest BCUT2D eigenvalue weighted by Crippen LogP contribution is 2.24. The van der Waals surface area contributed by atoms with Crippen molar-refractivity contribution in [3.8, 4) is 5.75 Å². The highest BCUT2D eigenvalue weighted by Gasteiger charge is 2.23. The smallest absolute Gasteiger partial charge is 0.257 e. The standard InChI is InChI=1S/C15H21ClN2O2/c1-3-18(10-12-5-4-8-17-12)15(19)13-9-11(16)6-7-14(13)20-2/h6-7,9,12,17H,3-5,8,10H2,1-2H3. The van der Waals surface area contributed by atoms with E-state index in [4.69, 9.17) is 16.3 Å². The van der Waals surface area contributed by atoms with Crippen LogP contribution in [0.15, 0.2) is 18.2 Å². The first-order valence-corrected chi connectivity index (χ1v) is 7.39. The molecule has 0 aliphatic carbocycles. The number of likely N-dealkylation sites (N-methyl/N-ethyl adjacent to an activating group) is 1. The Bertz CT molecular complexity index is 473. The molecule has 0 bridgehead atoms. The maximum Gasteiger partial charge on any atom is 0.257 e. The Morgan fingerprint density at radius 3 is 2.95 bits per heavy atom. The molecular weight excluding hydrogens is 276 g/mol. The first kappa shape index (κ1) is 15.1. The number of rotatable bonds is 5. The molecule has 4 nitrogen and oxygen atoms in total. The molecule has 1 amide bonds. The molecule has 1 aliphatic heterocycles. The van der Waals surface area contributed by atoms with Gasteiger partial charge in [0.05, 0.1) is 12.7 Å². The molecule has 1 fully saturated rings. The lowest BCUT2D eigenvalue weighted by molar-refractivity contribution is 0.0748. The summed E-state index contributed by atoms with van der Waals surface area (Å²) in [4.78, 5) is 14.5. The molecule has 5 heteroatoms. The predicted octanol–water partition coefficient (Wildman–Crippen LogP) is 2.56. The van der Waals surface area contributed by atoms with E-state index in [1.54, 1.807) is 25.3 Å². The predicted molar refractivity (Wildman–Crippen MR) is 80.6 cm³/mol. The highest BCUT2D eigenvalue weighted by atomic mass is 35.5. The number of ether oxygens (including phenoxy) is 1. The van der Waals surface area contributed by atoms with Crippen LogP contribution < -0.4 is 10.1 Å². The number of hydrogen-bond acceptors (Lipinski definition) is 3. The molecule has 1 aliphatic rings. The summed E-state index contributed by atoms with van der Waals surface area (Å²) >= 11 is 6.00. The van der Waals surface area contributed by atoms with Gasteiger partial charge in [-0.1, -0.05) is 11.6 Å². The monoisotopic (exact) mass is 296 g/mol. The number of benzene rings is 1. The van der Waals surface area contributed by atoms with Gasteiger partial charge < -0.3 is 15.0 Å². The second-order valence-electron chi connectivity index (χ2n) is 4.98. The molecule has 20 heavy (non-hydrogen) atoms. The Labute approximate surface area is 125 Å². The molecule has 1 heterocycles. The molecule has 1 saturated heterocycles. The van der Waals surface area contributed by atoms with Gasteiger partial charge in [-0.15, -0.1) is 0 Å². The van der Waals surface area contributed by atoms with E-state index in [2.05, 4.69) is 5.32 Å². The van der Waals surface area contributed by atoms with Crippen molar-refractivity contribution in [2.75, 3.05) is 26.7 Å². The van der Waals surface area contributed by atoms with Gasteiger partial charge in [0, 0.05) is 24.2 Å². The summed E-state index contributed by atoms with van der Waals surface area (Å²) in [5.74, 6) is 0.540. The Morgan fingerprint density at radius 1 is 1.55 bits per heavy atom. The molecule has 0 radical (unpaired) electrons. The van der Waals surface area contributed by atoms with Gasteiger partial charge >= 0.3 is 0 Å². The number of carbonyl (C=O) groups excluding carboxylic acids is 1. The summed E-state index contributed by atoms with van der Waals surface area (Å²) in [6.07, 6.45) is 2.30. The van der Waals surface area contributed by atoms with E-state index in [0.717, 1.165) is 19.5 Å². The molecule has 1 unspecified atom stereocenters. The van der Waals surface area contributed by atoms with Crippen molar-refractivity contribution in [1.82, 2.24) is 10.2 Å². The average molecular weight is 297 g/mol. The van der Waals surface area contributed by atoms with E-state index in [-0.39, 0.29) is 5.91 Å². The molecule has 1 aromatic rings. The minimum Gasteiger partial charge on any atom is -0.496 e. The number of hydrogen-bond donors (Lipinski definition) is 1. The minimum absolute atomic E-state index is 0.0273. The maximum atomic E-state index is 12.7. The van der Waals surface area contributed by atoms with Gasteiger partial charge in [0.15, 0.2) is 0 Å². The lowest BCUT2D eigenvalue weighted by Crippen LogP contribution is -2.41. The second-order valence-corrected chi connectivity index (χ2v) is 5.42. The van der Waals surface area contributed by atoms with Gasteiger partial charge in [-0.2, -0.15) is 0 Å². The Morgan fingerprint density at radius 2 is 2.35 bits per heavy atom. The topological polar surface area (TPSA) is 41.6 Å². The summed E-state index contributed by atoms with van der Waals surface area (Å²) < 4.78 is 5.26. The zero-order chi connectivity index (χ0) is 14.5. The van der Waals surface area contributed by atoms with E-state index in [1.807, 2.05) is 11.8 Å². The first-order valence-electron chi connectivity index (χ1n) is 7.02. The third-order valence-corrected chi connectivity index (χ3v) is 3.90. The molecule has 1 aromatic carbocycles. The van der Waals surface area contributed by atoms with Crippen LogP contribution in [0, 0.1) is 0 Å². The van der Waals surface area contributed by atoms with E-state index in [1.165, 1.54) is 6.42 Å². The SMILES string of the molecule is CCN(CC1CCCN1)C(=O)c1cc(Cl)ccc1OC. The van der Waals surface area contributed by atoms with Gasteiger partial charge in [0.2, 0.25) is 0 Å². The molecule has 0 saturated carbocycles. The number of carbonyl (C=O) groups is 1. The van der Waals surface area contributed by atoms with Crippen molar-refractivity contribution in [3.63, 3.8) is 0 Å². The molecule has 0 spiro atoms. The molecule has 110 valence electrons. The van der Waals surface area contributed by atoms with Crippen LogP contribution in [0.3, 0.4) is 0 Å². The van der Waals surface area contributed by atoms with Gasteiger partial charge in [-0.25, -0.2) is 0 Å². The summed E-state index contributed by atoms with van der Waals surface area (Å²) in [6, 6.07) is 5.53. The van der Waals surface area contributed by atoms with Crippen molar-refractivity contribution in [2.45, 2.75) is 25.8 Å². The summed E-state index contributed by atoms with van der Waals surface area (Å²) in [5.41, 5.74) is 0.528. The average Bonchev–Trinajstić information content (AvgIpc) is 2.97. The lowest BCUT2D eigenvalue weighted by atomic mass is 10.1. The maximum absolute atomic E-state index is 12.7. The zero-order valence-corrected chi connectivity index (χ0v) is 12.7. The largest absolute Gasteiger partial charge is 0.496 e. The normalized spacial score (nSPS) is 18.1. The van der Waals surface area contributed by atoms with Gasteiger partial charge in [-0.05, 0) is 44.5 Å². The van der Waals surface area contributed by atoms with Gasteiger partial charge in [0.1, 0.15) is 5.75 Å². The van der Waals surface area contributed by atoms with Crippen LogP contribution in [0.4, 0.5) is 0 Å². The van der Waals surface area contributed by atoms with Crippen LogP contribution >= 0.6 is 11.6 Å². The zero-order valence-electron chi connectivity index (χ0n) is 12.0. The third kappa shape index (κ3) is 3.44. The van der Waals surface area contributed by atoms with Crippen LogP contribution in [-0.4, -0.2) is 43.6 Å². The summed E-state index contributed by atoms with van der Waals surface area (Å²) in [7, 11) is 1.56. The van der Waals surface area contributed by atoms with Crippen molar-refractivity contribution in [2.24, 2.45) is 0 Å². The fourth-order valence-electron chi connectivity index (χ4n) is 2.55. The quantitative estimate of drug-likeness (QED) is 0.908. The van der Waals surface area contributed by atoms with E-state index >= 15 is 0 Å². The van der Waals surface area contributed by atoms with Crippen LogP contribution in [0.5, 0.6) is 5.75 Å². The summed E-state index contributed by atoms with van der Waals surface area (Å²) in [5, 5.41) is 3.96. The number of halogens is 1. The number of nitrogens with one attached hydrogen (secondary N) is 1. The number of amides is 1. The van der Waals surface area contributed by atoms with Gasteiger partial charge in [-0.3, -0.25) is 4.79 Å². The molecular formula is C15H21ClN2O2.